The van der Waals surface area contributed by atoms with E-state index in [9.17, 15) is 0 Å². The monoisotopic (exact) mass is 186 g/mol. The summed E-state index contributed by atoms with van der Waals surface area (Å²) < 4.78 is 0. The summed E-state index contributed by atoms with van der Waals surface area (Å²) >= 11 is 5.65. The maximum absolute atomic E-state index is 8.90. The van der Waals surface area contributed by atoms with Gasteiger partial charge in [0, 0.05) is 24.4 Å². The molecule has 0 aliphatic carbocycles. The smallest absolute Gasteiger partial charge is 0.0589 e. The molecule has 1 rings (SSSR count). The third kappa shape index (κ3) is 2.17. The molecule has 0 bridgehead atoms. The van der Waals surface area contributed by atoms with Crippen molar-refractivity contribution in [3.63, 3.8) is 0 Å². The van der Waals surface area contributed by atoms with Crippen molar-refractivity contribution in [3.05, 3.63) is 29.0 Å². The molecule has 0 saturated carbocycles. The van der Waals surface area contributed by atoms with E-state index in [1.54, 1.807) is 18.3 Å². The standard InChI is InChI=1S/C8H11ClN2O/c9-7-1-2-8(11-4-7)6(3-10)5-12/h1-2,4,6,12H,3,5,10H2. The van der Waals surface area contributed by atoms with Gasteiger partial charge in [0.15, 0.2) is 0 Å². The van der Waals surface area contributed by atoms with E-state index in [0.717, 1.165) is 5.69 Å². The predicted molar refractivity (Wildman–Crippen MR) is 48.1 cm³/mol. The molecule has 1 aromatic heterocycles. The average molecular weight is 187 g/mol. The molecule has 0 spiro atoms. The fraction of sp³-hybridized carbons (Fsp3) is 0.375. The Morgan fingerprint density at radius 3 is 2.75 bits per heavy atom. The normalized spacial score (nSPS) is 12.9. The van der Waals surface area contributed by atoms with Crippen LogP contribution in [0.25, 0.3) is 0 Å². The van der Waals surface area contributed by atoms with Crippen molar-refractivity contribution in [1.29, 1.82) is 0 Å². The van der Waals surface area contributed by atoms with E-state index in [1.807, 2.05) is 0 Å². The molecule has 0 aromatic carbocycles. The van der Waals surface area contributed by atoms with Gasteiger partial charge in [-0.05, 0) is 12.1 Å². The highest BCUT2D eigenvalue weighted by Crippen LogP contribution is 2.13. The first-order valence-electron chi connectivity index (χ1n) is 3.70. The Labute approximate surface area is 76.2 Å². The minimum absolute atomic E-state index is 0.0190. The number of hydrogen-bond acceptors (Lipinski definition) is 3. The van der Waals surface area contributed by atoms with Crippen LogP contribution in [-0.4, -0.2) is 23.2 Å². The van der Waals surface area contributed by atoms with Crippen LogP contribution in [-0.2, 0) is 0 Å². The quantitative estimate of drug-likeness (QED) is 0.733. The molecule has 1 heterocycles. The number of rotatable bonds is 3. The van der Waals surface area contributed by atoms with Crippen LogP contribution in [0.3, 0.4) is 0 Å². The Morgan fingerprint density at radius 1 is 1.58 bits per heavy atom. The lowest BCUT2D eigenvalue weighted by Crippen LogP contribution is -2.16. The van der Waals surface area contributed by atoms with E-state index in [4.69, 9.17) is 22.4 Å². The molecule has 3 nitrogen and oxygen atoms in total. The number of halogens is 1. The Hall–Kier alpha value is -0.640. The number of aliphatic hydroxyl groups excluding tert-OH is 1. The fourth-order valence-electron chi connectivity index (χ4n) is 0.918. The fourth-order valence-corrected chi connectivity index (χ4v) is 1.03. The van der Waals surface area contributed by atoms with Gasteiger partial charge in [-0.1, -0.05) is 11.6 Å². The molecular weight excluding hydrogens is 176 g/mol. The molecule has 0 aliphatic rings. The summed E-state index contributed by atoms with van der Waals surface area (Å²) in [5.41, 5.74) is 6.20. The molecule has 12 heavy (non-hydrogen) atoms. The van der Waals surface area contributed by atoms with Crippen LogP contribution < -0.4 is 5.73 Å². The van der Waals surface area contributed by atoms with Gasteiger partial charge < -0.3 is 10.8 Å². The zero-order chi connectivity index (χ0) is 8.97. The zero-order valence-electron chi connectivity index (χ0n) is 6.57. The lowest BCUT2D eigenvalue weighted by Gasteiger charge is -2.09. The molecule has 4 heteroatoms. The topological polar surface area (TPSA) is 59.1 Å². The summed E-state index contributed by atoms with van der Waals surface area (Å²) in [5, 5.41) is 9.49. The molecule has 66 valence electrons. The van der Waals surface area contributed by atoms with Crippen molar-refractivity contribution >= 4 is 11.6 Å². The van der Waals surface area contributed by atoms with Crippen LogP contribution in [0.1, 0.15) is 11.6 Å². The lowest BCUT2D eigenvalue weighted by molar-refractivity contribution is 0.265. The van der Waals surface area contributed by atoms with Gasteiger partial charge in [-0.3, -0.25) is 4.98 Å². The largest absolute Gasteiger partial charge is 0.396 e. The Bertz CT molecular complexity index is 233. The number of aliphatic hydroxyl groups is 1. The first-order chi connectivity index (χ1) is 5.77. The van der Waals surface area contributed by atoms with Crippen LogP contribution >= 0.6 is 11.6 Å². The number of aromatic nitrogens is 1. The van der Waals surface area contributed by atoms with Gasteiger partial charge in [0.25, 0.3) is 0 Å². The Morgan fingerprint density at radius 2 is 2.33 bits per heavy atom. The predicted octanol–water partition coefficient (Wildman–Crippen LogP) is 0.770. The van der Waals surface area contributed by atoms with Crippen LogP contribution in [0, 0.1) is 0 Å². The third-order valence-electron chi connectivity index (χ3n) is 1.67. The van der Waals surface area contributed by atoms with Crippen molar-refractivity contribution in [2.45, 2.75) is 5.92 Å². The molecular formula is C8H11ClN2O. The van der Waals surface area contributed by atoms with Crippen molar-refractivity contribution in [2.24, 2.45) is 5.73 Å². The zero-order valence-corrected chi connectivity index (χ0v) is 7.33. The third-order valence-corrected chi connectivity index (χ3v) is 1.90. The van der Waals surface area contributed by atoms with Gasteiger partial charge in [0.1, 0.15) is 0 Å². The second-order valence-corrected chi connectivity index (χ2v) is 2.95. The van der Waals surface area contributed by atoms with Gasteiger partial charge >= 0.3 is 0 Å². The molecule has 1 unspecified atom stereocenters. The van der Waals surface area contributed by atoms with Gasteiger partial charge in [0.2, 0.25) is 0 Å². The molecule has 0 saturated heterocycles. The molecule has 0 fully saturated rings. The van der Waals surface area contributed by atoms with Gasteiger partial charge in [-0.2, -0.15) is 0 Å². The van der Waals surface area contributed by atoms with E-state index in [-0.39, 0.29) is 12.5 Å². The number of nitrogens with zero attached hydrogens (tertiary/aromatic N) is 1. The van der Waals surface area contributed by atoms with Crippen LogP contribution in [0.2, 0.25) is 5.02 Å². The van der Waals surface area contributed by atoms with Crippen molar-refractivity contribution in [3.8, 4) is 0 Å². The maximum atomic E-state index is 8.90. The van der Waals surface area contributed by atoms with Crippen molar-refractivity contribution < 1.29 is 5.11 Å². The molecule has 3 N–H and O–H groups in total. The highest BCUT2D eigenvalue weighted by Gasteiger charge is 2.08. The van der Waals surface area contributed by atoms with E-state index in [0.29, 0.717) is 11.6 Å². The number of hydrogen-bond donors (Lipinski definition) is 2. The summed E-state index contributed by atoms with van der Waals surface area (Å²) in [5.74, 6) is -0.0812. The second-order valence-electron chi connectivity index (χ2n) is 2.52. The van der Waals surface area contributed by atoms with E-state index in [1.165, 1.54) is 0 Å². The Balaban J connectivity index is 2.80. The summed E-state index contributed by atoms with van der Waals surface area (Å²) in [7, 11) is 0. The maximum Gasteiger partial charge on any atom is 0.0589 e. The molecule has 0 aliphatic heterocycles. The van der Waals surface area contributed by atoms with E-state index < -0.39 is 0 Å². The summed E-state index contributed by atoms with van der Waals surface area (Å²) in [6.07, 6.45) is 1.55. The SMILES string of the molecule is NCC(CO)c1ccc(Cl)cn1. The number of nitrogens with two attached hydrogens (primary N) is 1. The lowest BCUT2D eigenvalue weighted by atomic mass is 10.1. The average Bonchev–Trinajstić information content (AvgIpc) is 2.10. The number of pyridine rings is 1. The molecule has 1 atom stereocenters. The molecule has 0 amide bonds. The first-order valence-corrected chi connectivity index (χ1v) is 4.08. The van der Waals surface area contributed by atoms with E-state index >= 15 is 0 Å². The van der Waals surface area contributed by atoms with Gasteiger partial charge in [0.05, 0.1) is 11.6 Å². The van der Waals surface area contributed by atoms with E-state index in [2.05, 4.69) is 4.98 Å². The summed E-state index contributed by atoms with van der Waals surface area (Å²) in [4.78, 5) is 4.05. The molecule has 1 aromatic rings. The minimum Gasteiger partial charge on any atom is -0.396 e. The minimum atomic E-state index is -0.0812. The van der Waals surface area contributed by atoms with Gasteiger partial charge in [-0.25, -0.2) is 0 Å². The molecule has 0 radical (unpaired) electrons. The second kappa shape index (κ2) is 4.40. The highest BCUT2D eigenvalue weighted by atomic mass is 35.5. The summed E-state index contributed by atoms with van der Waals surface area (Å²) in [6, 6.07) is 3.51. The highest BCUT2D eigenvalue weighted by molar-refractivity contribution is 6.30. The van der Waals surface area contributed by atoms with Crippen molar-refractivity contribution in [2.75, 3.05) is 13.2 Å². The van der Waals surface area contributed by atoms with Gasteiger partial charge in [-0.15, -0.1) is 0 Å². The Kier molecular flexibility index (Phi) is 3.47. The van der Waals surface area contributed by atoms with Crippen LogP contribution in [0.5, 0.6) is 0 Å². The van der Waals surface area contributed by atoms with Crippen molar-refractivity contribution in [1.82, 2.24) is 4.98 Å². The van der Waals surface area contributed by atoms with Crippen LogP contribution in [0.15, 0.2) is 18.3 Å². The first kappa shape index (κ1) is 9.45. The summed E-state index contributed by atoms with van der Waals surface area (Å²) in [6.45, 7) is 0.413. The van der Waals surface area contributed by atoms with Crippen LogP contribution in [0.4, 0.5) is 0 Å².